The zero-order chi connectivity index (χ0) is 14.9. The van der Waals surface area contributed by atoms with Crippen molar-refractivity contribution in [2.75, 3.05) is 11.9 Å². The first-order valence-electron chi connectivity index (χ1n) is 7.77. The average Bonchev–Trinajstić information content (AvgIpc) is 3.13. The standard InChI is InChI=1S/C19H19N3/c1-14-7-9-16(10-8-14)22-19-17(11-12-20-19)18(21-22)13-15-5-3-2-4-6-15/h2-10,20H,11-13H2,1H3. The Labute approximate surface area is 130 Å². The lowest BCUT2D eigenvalue weighted by molar-refractivity contribution is 0.839. The molecule has 22 heavy (non-hydrogen) atoms. The Morgan fingerprint density at radius 3 is 2.59 bits per heavy atom. The van der Waals surface area contributed by atoms with E-state index < -0.39 is 0 Å². The van der Waals surface area contributed by atoms with Crippen LogP contribution in [0.3, 0.4) is 0 Å². The van der Waals surface area contributed by atoms with E-state index in [4.69, 9.17) is 5.10 Å². The fourth-order valence-corrected chi connectivity index (χ4v) is 3.05. The van der Waals surface area contributed by atoms with Crippen LogP contribution in [0.15, 0.2) is 54.6 Å². The zero-order valence-corrected chi connectivity index (χ0v) is 12.7. The number of fused-ring (bicyclic) bond motifs is 1. The van der Waals surface area contributed by atoms with Gasteiger partial charge in [0.2, 0.25) is 0 Å². The first kappa shape index (κ1) is 13.1. The Morgan fingerprint density at radius 1 is 1.05 bits per heavy atom. The van der Waals surface area contributed by atoms with Gasteiger partial charge in [-0.15, -0.1) is 0 Å². The fourth-order valence-electron chi connectivity index (χ4n) is 3.05. The number of anilines is 1. The second-order valence-electron chi connectivity index (χ2n) is 5.86. The topological polar surface area (TPSA) is 29.9 Å². The molecule has 3 heteroatoms. The summed E-state index contributed by atoms with van der Waals surface area (Å²) in [5.74, 6) is 1.16. The lowest BCUT2D eigenvalue weighted by Gasteiger charge is -2.06. The molecule has 0 radical (unpaired) electrons. The van der Waals surface area contributed by atoms with E-state index in [1.807, 2.05) is 0 Å². The van der Waals surface area contributed by atoms with Crippen LogP contribution in [0.25, 0.3) is 5.69 Å². The third-order valence-corrected chi connectivity index (χ3v) is 4.23. The van der Waals surface area contributed by atoms with Crippen LogP contribution in [0.1, 0.15) is 22.4 Å². The Kier molecular flexibility index (Phi) is 3.19. The highest BCUT2D eigenvalue weighted by molar-refractivity contribution is 5.57. The Bertz CT molecular complexity index is 786. The Balaban J connectivity index is 1.75. The number of hydrogen-bond acceptors (Lipinski definition) is 2. The van der Waals surface area contributed by atoms with Crippen molar-refractivity contribution in [3.8, 4) is 5.69 Å². The van der Waals surface area contributed by atoms with Gasteiger partial charge in [0.15, 0.2) is 0 Å². The molecular formula is C19H19N3. The number of hydrogen-bond donors (Lipinski definition) is 1. The summed E-state index contributed by atoms with van der Waals surface area (Å²) in [7, 11) is 0. The molecule has 1 aliphatic heterocycles. The first-order valence-corrected chi connectivity index (χ1v) is 7.77. The number of benzene rings is 2. The maximum atomic E-state index is 4.88. The average molecular weight is 289 g/mol. The van der Waals surface area contributed by atoms with Crippen molar-refractivity contribution in [2.24, 2.45) is 0 Å². The van der Waals surface area contributed by atoms with Crippen molar-refractivity contribution in [2.45, 2.75) is 19.8 Å². The molecule has 0 spiro atoms. The monoisotopic (exact) mass is 289 g/mol. The van der Waals surface area contributed by atoms with Crippen LogP contribution >= 0.6 is 0 Å². The fraction of sp³-hybridized carbons (Fsp3) is 0.211. The maximum Gasteiger partial charge on any atom is 0.133 e. The summed E-state index contributed by atoms with van der Waals surface area (Å²) in [5.41, 5.74) is 6.25. The lowest BCUT2D eigenvalue weighted by Crippen LogP contribution is -2.05. The molecule has 2 aromatic carbocycles. The van der Waals surface area contributed by atoms with E-state index in [0.717, 1.165) is 30.9 Å². The van der Waals surface area contributed by atoms with Crippen LogP contribution < -0.4 is 5.32 Å². The molecule has 2 heterocycles. The number of rotatable bonds is 3. The minimum absolute atomic E-state index is 0.893. The quantitative estimate of drug-likeness (QED) is 0.796. The highest BCUT2D eigenvalue weighted by Gasteiger charge is 2.22. The van der Waals surface area contributed by atoms with Gasteiger partial charge in [0.25, 0.3) is 0 Å². The highest BCUT2D eigenvalue weighted by atomic mass is 15.3. The number of aryl methyl sites for hydroxylation is 1. The van der Waals surface area contributed by atoms with Gasteiger partial charge in [-0.2, -0.15) is 5.10 Å². The molecular weight excluding hydrogens is 270 g/mol. The van der Waals surface area contributed by atoms with E-state index in [9.17, 15) is 0 Å². The molecule has 1 N–H and O–H groups in total. The Morgan fingerprint density at radius 2 is 1.82 bits per heavy atom. The second-order valence-corrected chi connectivity index (χ2v) is 5.86. The summed E-state index contributed by atoms with van der Waals surface area (Å²) in [5, 5.41) is 8.37. The summed E-state index contributed by atoms with van der Waals surface area (Å²) in [6, 6.07) is 19.1. The molecule has 0 saturated carbocycles. The van der Waals surface area contributed by atoms with Crippen molar-refractivity contribution < 1.29 is 0 Å². The molecule has 4 rings (SSSR count). The van der Waals surface area contributed by atoms with E-state index in [0.29, 0.717) is 0 Å². The number of nitrogens with one attached hydrogen (secondary N) is 1. The molecule has 0 amide bonds. The van der Waals surface area contributed by atoms with E-state index >= 15 is 0 Å². The van der Waals surface area contributed by atoms with Crippen molar-refractivity contribution in [3.63, 3.8) is 0 Å². The van der Waals surface area contributed by atoms with E-state index in [1.165, 1.54) is 22.4 Å². The third-order valence-electron chi connectivity index (χ3n) is 4.23. The van der Waals surface area contributed by atoms with Crippen molar-refractivity contribution in [1.82, 2.24) is 9.78 Å². The molecule has 0 saturated heterocycles. The molecule has 0 fully saturated rings. The van der Waals surface area contributed by atoms with Gasteiger partial charge >= 0.3 is 0 Å². The number of nitrogens with zero attached hydrogens (tertiary/aromatic N) is 2. The van der Waals surface area contributed by atoms with E-state index in [2.05, 4.69) is 71.5 Å². The molecule has 0 atom stereocenters. The normalized spacial score (nSPS) is 13.0. The van der Waals surface area contributed by atoms with Gasteiger partial charge in [0.1, 0.15) is 5.82 Å². The minimum Gasteiger partial charge on any atom is -0.369 e. The van der Waals surface area contributed by atoms with Gasteiger partial charge < -0.3 is 5.32 Å². The van der Waals surface area contributed by atoms with Gasteiger partial charge in [-0.25, -0.2) is 4.68 Å². The molecule has 1 aliphatic rings. The Hall–Kier alpha value is -2.55. The van der Waals surface area contributed by atoms with Gasteiger partial charge in [-0.1, -0.05) is 48.0 Å². The van der Waals surface area contributed by atoms with Crippen molar-refractivity contribution in [1.29, 1.82) is 0 Å². The third kappa shape index (κ3) is 2.29. The van der Waals surface area contributed by atoms with Crippen LogP contribution in [-0.4, -0.2) is 16.3 Å². The molecule has 110 valence electrons. The SMILES string of the molecule is Cc1ccc(-n2nc(Cc3ccccc3)c3c2NCC3)cc1. The van der Waals surface area contributed by atoms with Gasteiger partial charge in [0.05, 0.1) is 11.4 Å². The lowest BCUT2D eigenvalue weighted by atomic mass is 10.1. The molecule has 1 aromatic heterocycles. The number of aromatic nitrogens is 2. The van der Waals surface area contributed by atoms with Crippen molar-refractivity contribution in [3.05, 3.63) is 77.0 Å². The highest BCUT2D eigenvalue weighted by Crippen LogP contribution is 2.30. The van der Waals surface area contributed by atoms with E-state index in [1.54, 1.807) is 0 Å². The van der Waals surface area contributed by atoms with Crippen LogP contribution in [0.4, 0.5) is 5.82 Å². The summed E-state index contributed by atoms with van der Waals surface area (Å²) < 4.78 is 2.06. The molecule has 3 aromatic rings. The van der Waals surface area contributed by atoms with Gasteiger partial charge in [0, 0.05) is 18.5 Å². The smallest absolute Gasteiger partial charge is 0.133 e. The van der Waals surface area contributed by atoms with Crippen molar-refractivity contribution >= 4 is 5.82 Å². The van der Waals surface area contributed by atoms with Crippen LogP contribution in [0, 0.1) is 6.92 Å². The molecule has 0 bridgehead atoms. The summed E-state index contributed by atoms with van der Waals surface area (Å²) in [4.78, 5) is 0. The van der Waals surface area contributed by atoms with Crippen LogP contribution in [-0.2, 0) is 12.8 Å². The van der Waals surface area contributed by atoms with E-state index in [-0.39, 0.29) is 0 Å². The first-order chi connectivity index (χ1) is 10.8. The summed E-state index contributed by atoms with van der Waals surface area (Å²) in [6.45, 7) is 3.11. The maximum absolute atomic E-state index is 4.88. The van der Waals surface area contributed by atoms with Crippen LogP contribution in [0.2, 0.25) is 0 Å². The van der Waals surface area contributed by atoms with Gasteiger partial charge in [-0.05, 0) is 31.0 Å². The second kappa shape index (κ2) is 5.34. The molecule has 0 aliphatic carbocycles. The predicted molar refractivity (Wildman–Crippen MR) is 89.7 cm³/mol. The van der Waals surface area contributed by atoms with Gasteiger partial charge in [-0.3, -0.25) is 0 Å². The summed E-state index contributed by atoms with van der Waals surface area (Å²) in [6.07, 6.45) is 1.95. The summed E-state index contributed by atoms with van der Waals surface area (Å²) >= 11 is 0. The predicted octanol–water partition coefficient (Wildman–Crippen LogP) is 3.74. The molecule has 0 unspecified atom stereocenters. The minimum atomic E-state index is 0.893. The largest absolute Gasteiger partial charge is 0.369 e. The molecule has 3 nitrogen and oxygen atoms in total. The zero-order valence-electron chi connectivity index (χ0n) is 12.7. The van der Waals surface area contributed by atoms with Crippen LogP contribution in [0.5, 0.6) is 0 Å².